The second-order valence-corrected chi connectivity index (χ2v) is 4.85. The molecule has 1 aromatic carbocycles. The summed E-state index contributed by atoms with van der Waals surface area (Å²) in [6.45, 7) is 2.03. The van der Waals surface area contributed by atoms with Gasteiger partial charge in [0.2, 0.25) is 0 Å². The average molecular weight is 263 g/mol. The first kappa shape index (κ1) is 12.6. The van der Waals surface area contributed by atoms with E-state index in [-0.39, 0.29) is 5.69 Å². The van der Waals surface area contributed by atoms with E-state index in [9.17, 15) is 4.79 Å². The van der Waals surface area contributed by atoms with E-state index in [1.165, 1.54) is 0 Å². The standard InChI is InChI=1S/C12H13N3O2S/c1-2-18-8-10-11(12(16)17)13-14-15(10)9-6-4-3-5-7-9/h3-7H,2,8H2,1H3,(H,16,17). The Bertz CT molecular complexity index is 540. The largest absolute Gasteiger partial charge is 0.476 e. The Kier molecular flexibility index (Phi) is 3.99. The van der Waals surface area contributed by atoms with E-state index in [1.807, 2.05) is 37.3 Å². The van der Waals surface area contributed by atoms with Crippen molar-refractivity contribution in [3.05, 3.63) is 41.7 Å². The summed E-state index contributed by atoms with van der Waals surface area (Å²) in [5.41, 5.74) is 1.48. The summed E-state index contributed by atoms with van der Waals surface area (Å²) in [7, 11) is 0. The molecule has 1 aromatic heterocycles. The van der Waals surface area contributed by atoms with E-state index in [0.717, 1.165) is 11.4 Å². The molecular weight excluding hydrogens is 250 g/mol. The Balaban J connectivity index is 2.44. The second kappa shape index (κ2) is 5.68. The first-order valence-electron chi connectivity index (χ1n) is 5.55. The molecule has 0 aliphatic heterocycles. The van der Waals surface area contributed by atoms with Crippen molar-refractivity contribution < 1.29 is 9.90 Å². The maximum Gasteiger partial charge on any atom is 0.358 e. The van der Waals surface area contributed by atoms with Crippen LogP contribution in [0, 0.1) is 0 Å². The zero-order valence-electron chi connectivity index (χ0n) is 9.91. The first-order chi connectivity index (χ1) is 8.74. The molecule has 18 heavy (non-hydrogen) atoms. The highest BCUT2D eigenvalue weighted by molar-refractivity contribution is 7.98. The Morgan fingerprint density at radius 1 is 1.39 bits per heavy atom. The van der Waals surface area contributed by atoms with Gasteiger partial charge in [0.25, 0.3) is 0 Å². The van der Waals surface area contributed by atoms with Crippen molar-refractivity contribution in [1.29, 1.82) is 0 Å². The predicted molar refractivity (Wildman–Crippen MR) is 70.2 cm³/mol. The van der Waals surface area contributed by atoms with Crippen molar-refractivity contribution in [3.8, 4) is 5.69 Å². The van der Waals surface area contributed by atoms with E-state index >= 15 is 0 Å². The molecule has 0 bridgehead atoms. The molecule has 0 unspecified atom stereocenters. The summed E-state index contributed by atoms with van der Waals surface area (Å²) in [4.78, 5) is 11.1. The Labute approximate surface area is 109 Å². The molecule has 1 heterocycles. The van der Waals surface area contributed by atoms with Crippen LogP contribution in [0.4, 0.5) is 0 Å². The Morgan fingerprint density at radius 2 is 2.11 bits per heavy atom. The van der Waals surface area contributed by atoms with E-state index in [2.05, 4.69) is 10.3 Å². The molecule has 2 aromatic rings. The van der Waals surface area contributed by atoms with Gasteiger partial charge in [-0.1, -0.05) is 30.3 Å². The van der Waals surface area contributed by atoms with Gasteiger partial charge < -0.3 is 5.11 Å². The number of aromatic carboxylic acids is 1. The van der Waals surface area contributed by atoms with Gasteiger partial charge in [-0.05, 0) is 17.9 Å². The van der Waals surface area contributed by atoms with Crippen LogP contribution in [-0.4, -0.2) is 31.8 Å². The third-order valence-corrected chi connectivity index (χ3v) is 3.30. The maximum absolute atomic E-state index is 11.1. The van der Waals surface area contributed by atoms with Gasteiger partial charge in [-0.25, -0.2) is 9.48 Å². The third kappa shape index (κ3) is 2.53. The van der Waals surface area contributed by atoms with E-state index in [1.54, 1.807) is 16.4 Å². The van der Waals surface area contributed by atoms with Crippen LogP contribution in [-0.2, 0) is 5.75 Å². The van der Waals surface area contributed by atoms with Gasteiger partial charge in [-0.2, -0.15) is 11.8 Å². The van der Waals surface area contributed by atoms with Crippen molar-refractivity contribution in [2.24, 2.45) is 0 Å². The van der Waals surface area contributed by atoms with Gasteiger partial charge in [0.1, 0.15) is 0 Å². The van der Waals surface area contributed by atoms with Gasteiger partial charge in [0.05, 0.1) is 11.4 Å². The van der Waals surface area contributed by atoms with E-state index in [4.69, 9.17) is 5.11 Å². The molecule has 0 spiro atoms. The second-order valence-electron chi connectivity index (χ2n) is 3.57. The molecule has 94 valence electrons. The molecule has 5 nitrogen and oxygen atoms in total. The van der Waals surface area contributed by atoms with E-state index < -0.39 is 5.97 Å². The predicted octanol–water partition coefficient (Wildman–Crippen LogP) is 2.22. The molecular formula is C12H13N3O2S. The SMILES string of the molecule is CCSCc1c(C(=O)O)nnn1-c1ccccc1. The lowest BCUT2D eigenvalue weighted by Gasteiger charge is -2.05. The molecule has 0 saturated heterocycles. The smallest absolute Gasteiger partial charge is 0.358 e. The van der Waals surface area contributed by atoms with Crippen molar-refractivity contribution >= 4 is 17.7 Å². The molecule has 0 aliphatic carbocycles. The third-order valence-electron chi connectivity index (χ3n) is 2.41. The number of thioether (sulfide) groups is 1. The normalized spacial score (nSPS) is 10.5. The summed E-state index contributed by atoms with van der Waals surface area (Å²) < 4.78 is 1.59. The average Bonchev–Trinajstić information content (AvgIpc) is 2.81. The van der Waals surface area contributed by atoms with Crippen LogP contribution in [0.5, 0.6) is 0 Å². The highest BCUT2D eigenvalue weighted by atomic mass is 32.2. The lowest BCUT2D eigenvalue weighted by atomic mass is 10.3. The van der Waals surface area contributed by atoms with Gasteiger partial charge >= 0.3 is 5.97 Å². The molecule has 0 radical (unpaired) electrons. The van der Waals surface area contributed by atoms with Gasteiger partial charge in [-0.3, -0.25) is 0 Å². The number of aromatic nitrogens is 3. The topological polar surface area (TPSA) is 68.0 Å². The molecule has 0 fully saturated rings. The highest BCUT2D eigenvalue weighted by Gasteiger charge is 2.19. The van der Waals surface area contributed by atoms with Crippen LogP contribution < -0.4 is 0 Å². The van der Waals surface area contributed by atoms with Gasteiger partial charge in [0, 0.05) is 5.75 Å². The highest BCUT2D eigenvalue weighted by Crippen LogP contribution is 2.18. The van der Waals surface area contributed by atoms with Crippen molar-refractivity contribution in [1.82, 2.24) is 15.0 Å². The number of benzene rings is 1. The Hall–Kier alpha value is -1.82. The fourth-order valence-corrected chi connectivity index (χ4v) is 2.23. The summed E-state index contributed by atoms with van der Waals surface area (Å²) >= 11 is 1.64. The molecule has 0 amide bonds. The van der Waals surface area contributed by atoms with Crippen LogP contribution >= 0.6 is 11.8 Å². The number of hydrogen-bond acceptors (Lipinski definition) is 4. The first-order valence-corrected chi connectivity index (χ1v) is 6.70. The van der Waals surface area contributed by atoms with Crippen LogP contribution in [0.1, 0.15) is 23.1 Å². The zero-order chi connectivity index (χ0) is 13.0. The van der Waals surface area contributed by atoms with Gasteiger partial charge in [0.15, 0.2) is 5.69 Å². The number of para-hydroxylation sites is 1. The number of rotatable bonds is 5. The number of hydrogen-bond donors (Lipinski definition) is 1. The quantitative estimate of drug-likeness (QED) is 0.895. The fraction of sp³-hybridized carbons (Fsp3) is 0.250. The van der Waals surface area contributed by atoms with Crippen molar-refractivity contribution in [3.63, 3.8) is 0 Å². The molecule has 6 heteroatoms. The van der Waals surface area contributed by atoms with Gasteiger partial charge in [-0.15, -0.1) is 5.10 Å². The summed E-state index contributed by atoms with van der Waals surface area (Å²) in [5, 5.41) is 16.8. The summed E-state index contributed by atoms with van der Waals surface area (Å²) in [6, 6.07) is 9.42. The Morgan fingerprint density at radius 3 is 2.72 bits per heavy atom. The zero-order valence-corrected chi connectivity index (χ0v) is 10.7. The fourth-order valence-electron chi connectivity index (χ4n) is 1.57. The maximum atomic E-state index is 11.1. The van der Waals surface area contributed by atoms with Crippen LogP contribution in [0.25, 0.3) is 5.69 Å². The minimum Gasteiger partial charge on any atom is -0.476 e. The lowest BCUT2D eigenvalue weighted by molar-refractivity contribution is 0.0689. The van der Waals surface area contributed by atoms with Crippen molar-refractivity contribution in [2.75, 3.05) is 5.75 Å². The molecule has 0 atom stereocenters. The summed E-state index contributed by atoms with van der Waals surface area (Å²) in [5.74, 6) is 0.461. The minimum absolute atomic E-state index is 0.0276. The molecule has 0 aliphatic rings. The number of carboxylic acids is 1. The summed E-state index contributed by atoms with van der Waals surface area (Å²) in [6.07, 6.45) is 0. The van der Waals surface area contributed by atoms with E-state index in [0.29, 0.717) is 11.4 Å². The monoisotopic (exact) mass is 263 g/mol. The number of carboxylic acid groups (broad SMARTS) is 1. The molecule has 0 saturated carbocycles. The van der Waals surface area contributed by atoms with Crippen LogP contribution in [0.15, 0.2) is 30.3 Å². The molecule has 1 N–H and O–H groups in total. The van der Waals surface area contributed by atoms with Crippen LogP contribution in [0.2, 0.25) is 0 Å². The lowest BCUT2D eigenvalue weighted by Crippen LogP contribution is -2.06. The number of nitrogens with zero attached hydrogens (tertiary/aromatic N) is 3. The number of carbonyl (C=O) groups is 1. The van der Waals surface area contributed by atoms with Crippen LogP contribution in [0.3, 0.4) is 0 Å². The molecule has 2 rings (SSSR count). The minimum atomic E-state index is -1.04. The van der Waals surface area contributed by atoms with Crippen molar-refractivity contribution in [2.45, 2.75) is 12.7 Å².